The normalized spacial score (nSPS) is 37.7. The van der Waals surface area contributed by atoms with Crippen molar-refractivity contribution >= 4 is 11.2 Å². The number of hydrogen-bond donors (Lipinski definition) is 1. The molecule has 4 fully saturated rings. The van der Waals surface area contributed by atoms with E-state index in [0.717, 1.165) is 61.1 Å². The highest BCUT2D eigenvalue weighted by molar-refractivity contribution is 5.69. The number of aromatic nitrogens is 4. The number of H-pyrrole nitrogens is 1. The van der Waals surface area contributed by atoms with Crippen molar-refractivity contribution in [3.8, 4) is 0 Å². The molecule has 0 saturated heterocycles. The molecule has 5 heteroatoms. The van der Waals surface area contributed by atoms with Crippen molar-refractivity contribution in [3.05, 3.63) is 22.0 Å². The van der Waals surface area contributed by atoms with Crippen molar-refractivity contribution in [2.75, 3.05) is 0 Å². The molecule has 7 rings (SSSR count). The fourth-order valence-electron chi connectivity index (χ4n) is 6.34. The molecule has 5 aliphatic rings. The first kappa shape index (κ1) is 12.7. The summed E-state index contributed by atoms with van der Waals surface area (Å²) in [7, 11) is 0. The quantitative estimate of drug-likeness (QED) is 0.880. The van der Waals surface area contributed by atoms with Crippen molar-refractivity contribution in [3.63, 3.8) is 0 Å². The summed E-state index contributed by atoms with van der Waals surface area (Å²) in [4.78, 5) is 25.7. The van der Waals surface area contributed by atoms with Gasteiger partial charge in [-0.1, -0.05) is 0 Å². The Balaban J connectivity index is 1.50. The standard InChI is InChI=1S/C18H22N4O/c23-18-15-17(19-13-3-1-2-4-22(13)18)21-16(20-15)14-11-6-9-5-10(8-11)12(14)7-9/h9-12,14H,1-8H2,(H,20,21). The Morgan fingerprint density at radius 2 is 1.96 bits per heavy atom. The SMILES string of the molecule is O=c1c2[nH]c(C3C4CC5CC(C4)C3C5)nc2nc2n1CCCC2. The topological polar surface area (TPSA) is 63.6 Å². The molecule has 5 nitrogen and oxygen atoms in total. The van der Waals surface area contributed by atoms with Gasteiger partial charge in [0.15, 0.2) is 11.2 Å². The Morgan fingerprint density at radius 1 is 1.04 bits per heavy atom. The number of imidazole rings is 1. The summed E-state index contributed by atoms with van der Waals surface area (Å²) in [6.45, 7) is 0.809. The average Bonchev–Trinajstić information content (AvgIpc) is 3.16. The summed E-state index contributed by atoms with van der Waals surface area (Å²) in [6, 6.07) is 0. The minimum atomic E-state index is 0.0934. The summed E-state index contributed by atoms with van der Waals surface area (Å²) in [5.74, 6) is 6.02. The monoisotopic (exact) mass is 310 g/mol. The summed E-state index contributed by atoms with van der Waals surface area (Å²) in [5.41, 5.74) is 1.40. The van der Waals surface area contributed by atoms with E-state index in [4.69, 9.17) is 9.97 Å². The Bertz CT molecular complexity index is 862. The van der Waals surface area contributed by atoms with E-state index >= 15 is 0 Å². The Hall–Kier alpha value is -1.65. The molecule has 3 heterocycles. The molecule has 0 spiro atoms. The van der Waals surface area contributed by atoms with E-state index in [0.29, 0.717) is 17.1 Å². The van der Waals surface area contributed by atoms with Crippen molar-refractivity contribution in [1.29, 1.82) is 0 Å². The first-order chi connectivity index (χ1) is 11.3. The molecule has 120 valence electrons. The third-order valence-electron chi connectivity index (χ3n) is 7.11. The minimum Gasteiger partial charge on any atom is -0.336 e. The van der Waals surface area contributed by atoms with Gasteiger partial charge in [-0.15, -0.1) is 0 Å². The van der Waals surface area contributed by atoms with Gasteiger partial charge in [0, 0.05) is 18.9 Å². The van der Waals surface area contributed by atoms with Gasteiger partial charge in [-0.2, -0.15) is 0 Å². The number of nitrogens with one attached hydrogen (secondary N) is 1. The summed E-state index contributed by atoms with van der Waals surface area (Å²) >= 11 is 0. The van der Waals surface area contributed by atoms with E-state index in [1.807, 2.05) is 4.57 Å². The maximum absolute atomic E-state index is 12.8. The second kappa shape index (κ2) is 4.25. The van der Waals surface area contributed by atoms with Gasteiger partial charge < -0.3 is 4.98 Å². The molecule has 4 bridgehead atoms. The van der Waals surface area contributed by atoms with Gasteiger partial charge in [-0.05, 0) is 62.2 Å². The highest BCUT2D eigenvalue weighted by Gasteiger charge is 2.55. The fourth-order valence-corrected chi connectivity index (χ4v) is 6.34. The van der Waals surface area contributed by atoms with Crippen LogP contribution in [0.5, 0.6) is 0 Å². The predicted molar refractivity (Wildman–Crippen MR) is 86.3 cm³/mol. The number of rotatable bonds is 1. The lowest BCUT2D eigenvalue weighted by Gasteiger charge is -2.30. The zero-order valence-electron chi connectivity index (χ0n) is 13.3. The molecule has 0 radical (unpaired) electrons. The fraction of sp³-hybridized carbons (Fsp3) is 0.722. The number of aryl methyl sites for hydroxylation is 1. The van der Waals surface area contributed by atoms with Crippen LogP contribution < -0.4 is 5.56 Å². The van der Waals surface area contributed by atoms with Gasteiger partial charge in [0.2, 0.25) is 0 Å². The van der Waals surface area contributed by atoms with Gasteiger partial charge in [-0.25, -0.2) is 9.97 Å². The molecule has 2 aromatic heterocycles. The molecule has 1 N–H and O–H groups in total. The van der Waals surface area contributed by atoms with Gasteiger partial charge >= 0.3 is 0 Å². The number of nitrogens with zero attached hydrogens (tertiary/aromatic N) is 3. The van der Waals surface area contributed by atoms with Crippen LogP contribution in [0.15, 0.2) is 4.79 Å². The zero-order valence-corrected chi connectivity index (χ0v) is 13.3. The largest absolute Gasteiger partial charge is 0.336 e. The first-order valence-corrected chi connectivity index (χ1v) is 9.27. The summed E-state index contributed by atoms with van der Waals surface area (Å²) < 4.78 is 1.86. The van der Waals surface area contributed by atoms with Crippen LogP contribution in [0.4, 0.5) is 0 Å². The van der Waals surface area contributed by atoms with Gasteiger partial charge in [0.25, 0.3) is 5.56 Å². The lowest BCUT2D eigenvalue weighted by molar-refractivity contribution is 0.244. The smallest absolute Gasteiger partial charge is 0.279 e. The van der Waals surface area contributed by atoms with Crippen LogP contribution in [0.25, 0.3) is 11.2 Å². The molecule has 5 unspecified atom stereocenters. The third kappa shape index (κ3) is 1.60. The van der Waals surface area contributed by atoms with Crippen LogP contribution in [-0.2, 0) is 13.0 Å². The van der Waals surface area contributed by atoms with Crippen LogP contribution in [-0.4, -0.2) is 19.5 Å². The number of aromatic amines is 1. The molecule has 4 saturated carbocycles. The highest BCUT2D eigenvalue weighted by Crippen LogP contribution is 2.63. The maximum atomic E-state index is 12.8. The predicted octanol–water partition coefficient (Wildman–Crippen LogP) is 2.61. The minimum absolute atomic E-state index is 0.0934. The van der Waals surface area contributed by atoms with E-state index in [9.17, 15) is 4.79 Å². The van der Waals surface area contributed by atoms with E-state index < -0.39 is 0 Å². The molecule has 2 aromatic rings. The van der Waals surface area contributed by atoms with Gasteiger partial charge in [-0.3, -0.25) is 9.36 Å². The lowest BCUT2D eigenvalue weighted by Crippen LogP contribution is -2.28. The Labute approximate surface area is 134 Å². The third-order valence-corrected chi connectivity index (χ3v) is 7.11. The van der Waals surface area contributed by atoms with Gasteiger partial charge in [0.05, 0.1) is 0 Å². The van der Waals surface area contributed by atoms with Crippen LogP contribution in [0.3, 0.4) is 0 Å². The van der Waals surface area contributed by atoms with Crippen LogP contribution in [0.2, 0.25) is 0 Å². The van der Waals surface area contributed by atoms with Crippen LogP contribution in [0, 0.1) is 23.7 Å². The van der Waals surface area contributed by atoms with Crippen molar-refractivity contribution in [2.24, 2.45) is 23.7 Å². The zero-order chi connectivity index (χ0) is 15.1. The summed E-state index contributed by atoms with van der Waals surface area (Å²) in [5, 5.41) is 0. The lowest BCUT2D eigenvalue weighted by atomic mass is 9.75. The van der Waals surface area contributed by atoms with Gasteiger partial charge in [0.1, 0.15) is 11.6 Å². The van der Waals surface area contributed by atoms with Crippen LogP contribution >= 0.6 is 0 Å². The van der Waals surface area contributed by atoms with Crippen molar-refractivity contribution in [1.82, 2.24) is 19.5 Å². The molecule has 23 heavy (non-hydrogen) atoms. The Morgan fingerprint density at radius 3 is 2.87 bits per heavy atom. The molecule has 1 aliphatic heterocycles. The Kier molecular flexibility index (Phi) is 2.35. The average molecular weight is 310 g/mol. The molecule has 0 amide bonds. The second-order valence-corrected chi connectivity index (χ2v) is 8.28. The molecule has 0 aromatic carbocycles. The summed E-state index contributed by atoms with van der Waals surface area (Å²) in [6.07, 6.45) is 8.69. The number of hydrogen-bond acceptors (Lipinski definition) is 3. The van der Waals surface area contributed by atoms with E-state index in [1.165, 1.54) is 25.7 Å². The van der Waals surface area contributed by atoms with Crippen LogP contribution in [0.1, 0.15) is 56.1 Å². The van der Waals surface area contributed by atoms with Crippen molar-refractivity contribution < 1.29 is 0 Å². The highest BCUT2D eigenvalue weighted by atomic mass is 16.1. The molecular weight excluding hydrogens is 288 g/mol. The van der Waals surface area contributed by atoms with E-state index in [-0.39, 0.29) is 5.56 Å². The molecule has 5 atom stereocenters. The van der Waals surface area contributed by atoms with Crippen molar-refractivity contribution in [2.45, 2.75) is 57.4 Å². The first-order valence-electron chi connectivity index (χ1n) is 9.27. The maximum Gasteiger partial charge on any atom is 0.279 e. The second-order valence-electron chi connectivity index (χ2n) is 8.28. The number of fused-ring (bicyclic) bond motifs is 2. The molecule has 4 aliphatic carbocycles. The van der Waals surface area contributed by atoms with E-state index in [1.54, 1.807) is 0 Å². The molecular formula is C18H22N4O. The van der Waals surface area contributed by atoms with E-state index in [2.05, 4.69) is 4.98 Å².